The minimum atomic E-state index is -0.285. The van der Waals surface area contributed by atoms with Crippen LogP contribution in [0.15, 0.2) is 48.5 Å². The van der Waals surface area contributed by atoms with E-state index in [1.54, 1.807) is 36.4 Å². The molecule has 0 unspecified atom stereocenters. The molecule has 2 aromatic rings. The van der Waals surface area contributed by atoms with Crippen LogP contribution in [-0.4, -0.2) is 29.8 Å². The molecule has 2 amide bonds. The number of rotatable bonds is 5. The maximum Gasteiger partial charge on any atom is 0.253 e. The Hall–Kier alpha value is -2.69. The number of likely N-dealkylation sites (tertiary alicyclic amines) is 1. The molecule has 0 atom stereocenters. The number of carbonyl (C=O) groups is 2. The largest absolute Gasteiger partial charge is 0.339 e. The van der Waals surface area contributed by atoms with Crippen molar-refractivity contribution < 1.29 is 14.0 Å². The Morgan fingerprint density at radius 3 is 2.48 bits per heavy atom. The average molecular weight is 340 g/mol. The van der Waals surface area contributed by atoms with Crippen LogP contribution in [0.3, 0.4) is 0 Å². The first kappa shape index (κ1) is 17.1. The molecule has 2 aromatic carbocycles. The number of aryl methyl sites for hydroxylation is 1. The zero-order valence-corrected chi connectivity index (χ0v) is 14.0. The maximum atomic E-state index is 12.9. The van der Waals surface area contributed by atoms with Gasteiger partial charge in [0.2, 0.25) is 5.91 Å². The standard InChI is InChI=1S/C20H21FN2O2/c21-17-9-6-15(7-10-17)8-11-19(24)22-18-5-3-4-16(14-18)20(25)23-12-1-2-13-23/h3-7,9-10,14H,1-2,8,11-13H2,(H,22,24). The molecular formula is C20H21FN2O2. The summed E-state index contributed by atoms with van der Waals surface area (Å²) in [6.45, 7) is 1.60. The first-order valence-electron chi connectivity index (χ1n) is 8.55. The molecule has 0 bridgehead atoms. The van der Waals surface area contributed by atoms with Gasteiger partial charge in [0.05, 0.1) is 0 Å². The predicted molar refractivity (Wildman–Crippen MR) is 94.9 cm³/mol. The average Bonchev–Trinajstić information content (AvgIpc) is 3.15. The van der Waals surface area contributed by atoms with Crippen LogP contribution in [-0.2, 0) is 11.2 Å². The zero-order chi connectivity index (χ0) is 17.6. The molecule has 4 nitrogen and oxygen atoms in total. The number of amides is 2. The summed E-state index contributed by atoms with van der Waals surface area (Å²) in [6.07, 6.45) is 2.94. The van der Waals surface area contributed by atoms with Crippen LogP contribution in [0.5, 0.6) is 0 Å². The Balaban J connectivity index is 1.56. The number of halogens is 1. The van der Waals surface area contributed by atoms with Crippen LogP contribution in [0.25, 0.3) is 0 Å². The van der Waals surface area contributed by atoms with Gasteiger partial charge in [-0.1, -0.05) is 18.2 Å². The summed E-state index contributed by atoms with van der Waals surface area (Å²) in [5.74, 6) is -0.400. The van der Waals surface area contributed by atoms with Crippen molar-refractivity contribution in [1.29, 1.82) is 0 Å². The van der Waals surface area contributed by atoms with Crippen LogP contribution in [0, 0.1) is 5.82 Å². The second-order valence-electron chi connectivity index (χ2n) is 6.25. The van der Waals surface area contributed by atoms with E-state index >= 15 is 0 Å². The van der Waals surface area contributed by atoms with Crippen molar-refractivity contribution in [1.82, 2.24) is 4.90 Å². The highest BCUT2D eigenvalue weighted by Gasteiger charge is 2.19. The summed E-state index contributed by atoms with van der Waals surface area (Å²) < 4.78 is 12.9. The van der Waals surface area contributed by atoms with Gasteiger partial charge in [0.15, 0.2) is 0 Å². The third kappa shape index (κ3) is 4.66. The van der Waals surface area contributed by atoms with E-state index in [9.17, 15) is 14.0 Å². The van der Waals surface area contributed by atoms with Crippen LogP contribution < -0.4 is 5.32 Å². The number of nitrogens with one attached hydrogen (secondary N) is 1. The fourth-order valence-electron chi connectivity index (χ4n) is 2.97. The summed E-state index contributed by atoms with van der Waals surface area (Å²) in [7, 11) is 0. The first-order valence-corrected chi connectivity index (χ1v) is 8.55. The summed E-state index contributed by atoms with van der Waals surface area (Å²) in [5, 5.41) is 2.83. The van der Waals surface area contributed by atoms with Gasteiger partial charge >= 0.3 is 0 Å². The van der Waals surface area contributed by atoms with Crippen molar-refractivity contribution in [3.63, 3.8) is 0 Å². The summed E-state index contributed by atoms with van der Waals surface area (Å²) in [5.41, 5.74) is 2.13. The van der Waals surface area contributed by atoms with Gasteiger partial charge in [0.1, 0.15) is 5.82 Å². The highest BCUT2D eigenvalue weighted by atomic mass is 19.1. The molecule has 0 spiro atoms. The summed E-state index contributed by atoms with van der Waals surface area (Å²) in [6, 6.07) is 13.2. The van der Waals surface area contributed by atoms with Gasteiger partial charge in [-0.3, -0.25) is 9.59 Å². The molecule has 1 saturated heterocycles. The van der Waals surface area contributed by atoms with Crippen LogP contribution in [0.4, 0.5) is 10.1 Å². The van der Waals surface area contributed by atoms with Gasteiger partial charge in [0.25, 0.3) is 5.91 Å². The quantitative estimate of drug-likeness (QED) is 0.903. The van der Waals surface area contributed by atoms with E-state index in [0.717, 1.165) is 31.5 Å². The van der Waals surface area contributed by atoms with Crippen molar-refractivity contribution in [2.45, 2.75) is 25.7 Å². The fraction of sp³-hybridized carbons (Fsp3) is 0.300. The van der Waals surface area contributed by atoms with Gasteiger partial charge in [0, 0.05) is 30.8 Å². The minimum absolute atomic E-state index is 0.0138. The molecule has 0 aliphatic carbocycles. The Kier molecular flexibility index (Phi) is 5.43. The van der Waals surface area contributed by atoms with Gasteiger partial charge in [-0.2, -0.15) is 0 Å². The topological polar surface area (TPSA) is 49.4 Å². The van der Waals surface area contributed by atoms with Crippen molar-refractivity contribution in [2.75, 3.05) is 18.4 Å². The maximum absolute atomic E-state index is 12.9. The van der Waals surface area contributed by atoms with Gasteiger partial charge in [-0.05, 0) is 55.2 Å². The minimum Gasteiger partial charge on any atom is -0.339 e. The Morgan fingerprint density at radius 1 is 1.04 bits per heavy atom. The van der Waals surface area contributed by atoms with E-state index < -0.39 is 0 Å². The molecular weight excluding hydrogens is 319 g/mol. The lowest BCUT2D eigenvalue weighted by Crippen LogP contribution is -2.27. The zero-order valence-electron chi connectivity index (χ0n) is 14.0. The molecule has 1 aliphatic rings. The lowest BCUT2D eigenvalue weighted by Gasteiger charge is -2.15. The number of benzene rings is 2. The lowest BCUT2D eigenvalue weighted by molar-refractivity contribution is -0.116. The van der Waals surface area contributed by atoms with E-state index in [0.29, 0.717) is 24.1 Å². The number of nitrogens with zero attached hydrogens (tertiary/aromatic N) is 1. The van der Waals surface area contributed by atoms with Crippen molar-refractivity contribution in [3.8, 4) is 0 Å². The van der Waals surface area contributed by atoms with Gasteiger partial charge < -0.3 is 10.2 Å². The van der Waals surface area contributed by atoms with Crippen molar-refractivity contribution in [3.05, 3.63) is 65.5 Å². The smallest absolute Gasteiger partial charge is 0.253 e. The molecule has 1 heterocycles. The monoisotopic (exact) mass is 340 g/mol. The highest BCUT2D eigenvalue weighted by Crippen LogP contribution is 2.17. The SMILES string of the molecule is O=C(CCc1ccc(F)cc1)Nc1cccc(C(=O)N2CCCC2)c1. The predicted octanol–water partition coefficient (Wildman–Crippen LogP) is 3.63. The number of anilines is 1. The van der Waals surface area contributed by atoms with Crippen molar-refractivity contribution in [2.24, 2.45) is 0 Å². The second-order valence-corrected chi connectivity index (χ2v) is 6.25. The van der Waals surface area contributed by atoms with E-state index in [1.807, 2.05) is 4.90 Å². The number of hydrogen-bond acceptors (Lipinski definition) is 2. The summed E-state index contributed by atoms with van der Waals surface area (Å²) >= 11 is 0. The molecule has 0 aromatic heterocycles. The van der Waals surface area contributed by atoms with Gasteiger partial charge in [-0.15, -0.1) is 0 Å². The normalized spacial score (nSPS) is 13.7. The highest BCUT2D eigenvalue weighted by molar-refractivity contribution is 5.97. The molecule has 1 fully saturated rings. The van der Waals surface area contributed by atoms with Crippen LogP contribution in [0.1, 0.15) is 35.2 Å². The van der Waals surface area contributed by atoms with Crippen LogP contribution >= 0.6 is 0 Å². The second kappa shape index (κ2) is 7.92. The molecule has 1 aliphatic heterocycles. The molecule has 25 heavy (non-hydrogen) atoms. The third-order valence-corrected chi connectivity index (χ3v) is 4.34. The molecule has 0 radical (unpaired) electrons. The molecule has 1 N–H and O–H groups in total. The molecule has 5 heteroatoms. The Labute approximate surface area is 146 Å². The van der Waals surface area contributed by atoms with E-state index in [1.165, 1.54) is 12.1 Å². The molecule has 130 valence electrons. The first-order chi connectivity index (χ1) is 12.1. The fourth-order valence-corrected chi connectivity index (χ4v) is 2.97. The summed E-state index contributed by atoms with van der Waals surface area (Å²) in [4.78, 5) is 26.4. The lowest BCUT2D eigenvalue weighted by atomic mass is 10.1. The van der Waals surface area contributed by atoms with Gasteiger partial charge in [-0.25, -0.2) is 4.39 Å². The number of carbonyl (C=O) groups excluding carboxylic acids is 2. The Morgan fingerprint density at radius 2 is 1.76 bits per heavy atom. The molecule has 0 saturated carbocycles. The Bertz CT molecular complexity index is 753. The van der Waals surface area contributed by atoms with E-state index in [4.69, 9.17) is 0 Å². The number of hydrogen-bond donors (Lipinski definition) is 1. The van der Waals surface area contributed by atoms with E-state index in [-0.39, 0.29) is 17.6 Å². The van der Waals surface area contributed by atoms with Crippen LogP contribution in [0.2, 0.25) is 0 Å². The third-order valence-electron chi connectivity index (χ3n) is 4.34. The molecule has 3 rings (SSSR count). The van der Waals surface area contributed by atoms with E-state index in [2.05, 4.69) is 5.32 Å². The van der Waals surface area contributed by atoms with Crippen molar-refractivity contribution >= 4 is 17.5 Å².